The molecule has 20 heavy (non-hydrogen) atoms. The fourth-order valence-corrected chi connectivity index (χ4v) is 2.42. The van der Waals surface area contributed by atoms with Crippen LogP contribution in [0.15, 0.2) is 42.5 Å². The van der Waals surface area contributed by atoms with Crippen LogP contribution in [0.2, 0.25) is 10.0 Å². The number of rotatable bonds is 3. The molecule has 0 atom stereocenters. The smallest absolute Gasteiger partial charge is 0.187 e. The van der Waals surface area contributed by atoms with E-state index in [-0.39, 0.29) is 12.3 Å². The Bertz CT molecular complexity index is 765. The minimum atomic E-state index is -0.160. The van der Waals surface area contributed by atoms with Gasteiger partial charge in [0.2, 0.25) is 0 Å². The van der Waals surface area contributed by atoms with E-state index in [2.05, 4.69) is 10.2 Å². The molecule has 0 amide bonds. The molecule has 0 saturated heterocycles. The zero-order valence-corrected chi connectivity index (χ0v) is 11.8. The van der Waals surface area contributed by atoms with Crippen molar-refractivity contribution >= 4 is 40.0 Å². The van der Waals surface area contributed by atoms with E-state index in [1.165, 1.54) is 4.80 Å². The number of fused-ring (bicyclic) bond motifs is 1. The molecule has 6 heteroatoms. The molecule has 0 saturated carbocycles. The molecule has 1 heterocycles. The number of nitrogens with zero attached hydrogens (tertiary/aromatic N) is 3. The van der Waals surface area contributed by atoms with Crippen molar-refractivity contribution in [1.29, 1.82) is 0 Å². The van der Waals surface area contributed by atoms with Gasteiger partial charge in [-0.2, -0.15) is 15.0 Å². The van der Waals surface area contributed by atoms with Crippen LogP contribution < -0.4 is 0 Å². The highest BCUT2D eigenvalue weighted by Crippen LogP contribution is 2.21. The second-order valence-corrected chi connectivity index (χ2v) is 5.11. The van der Waals surface area contributed by atoms with E-state index >= 15 is 0 Å². The van der Waals surface area contributed by atoms with E-state index in [0.717, 1.165) is 11.0 Å². The van der Waals surface area contributed by atoms with Crippen LogP contribution in [0.4, 0.5) is 0 Å². The molecule has 0 spiro atoms. The Kier molecular flexibility index (Phi) is 3.42. The summed E-state index contributed by atoms with van der Waals surface area (Å²) >= 11 is 11.8. The number of hydrogen-bond donors (Lipinski definition) is 0. The van der Waals surface area contributed by atoms with Gasteiger partial charge in [-0.3, -0.25) is 4.79 Å². The minimum Gasteiger partial charge on any atom is -0.292 e. The van der Waals surface area contributed by atoms with Crippen LogP contribution in [0.5, 0.6) is 0 Å². The number of benzene rings is 2. The second kappa shape index (κ2) is 5.23. The monoisotopic (exact) mass is 305 g/mol. The molecule has 0 bridgehead atoms. The van der Waals surface area contributed by atoms with Gasteiger partial charge in [0, 0.05) is 10.6 Å². The third-order valence-electron chi connectivity index (χ3n) is 2.84. The highest BCUT2D eigenvalue weighted by atomic mass is 35.5. The third kappa shape index (κ3) is 2.53. The lowest BCUT2D eigenvalue weighted by atomic mass is 10.1. The Morgan fingerprint density at radius 2 is 1.70 bits per heavy atom. The van der Waals surface area contributed by atoms with Crippen LogP contribution in [0.3, 0.4) is 0 Å². The van der Waals surface area contributed by atoms with Gasteiger partial charge in [-0.15, -0.1) is 0 Å². The van der Waals surface area contributed by atoms with Crippen molar-refractivity contribution < 1.29 is 4.79 Å². The number of Topliss-reactive ketones (excluding diaryl/α,β-unsaturated/α-hetero) is 1. The molecular formula is C14H9Cl2N3O. The molecule has 0 aliphatic carbocycles. The predicted octanol–water partition coefficient (Wildman–Crippen LogP) is 3.62. The number of aromatic nitrogens is 3. The van der Waals surface area contributed by atoms with E-state index in [0.29, 0.717) is 15.6 Å². The molecule has 0 fully saturated rings. The summed E-state index contributed by atoms with van der Waals surface area (Å²) in [6.07, 6.45) is 0. The number of carbonyl (C=O) groups is 1. The summed E-state index contributed by atoms with van der Waals surface area (Å²) in [5, 5.41) is 9.31. The van der Waals surface area contributed by atoms with Crippen molar-refractivity contribution in [2.45, 2.75) is 6.54 Å². The molecular weight excluding hydrogens is 297 g/mol. The topological polar surface area (TPSA) is 47.8 Å². The number of hydrogen-bond acceptors (Lipinski definition) is 3. The third-order valence-corrected chi connectivity index (χ3v) is 3.39. The molecule has 3 aromatic rings. The van der Waals surface area contributed by atoms with E-state index in [1.807, 2.05) is 24.3 Å². The van der Waals surface area contributed by atoms with Gasteiger partial charge in [-0.1, -0.05) is 35.3 Å². The number of ketones is 1. The molecule has 1 aromatic heterocycles. The second-order valence-electron chi connectivity index (χ2n) is 4.27. The van der Waals surface area contributed by atoms with Crippen LogP contribution in [-0.4, -0.2) is 20.8 Å². The molecule has 4 nitrogen and oxygen atoms in total. The SMILES string of the molecule is O=C(Cn1nc2ccccc2n1)c1ccc(Cl)cc1Cl. The molecule has 3 rings (SSSR count). The van der Waals surface area contributed by atoms with Gasteiger partial charge in [-0.05, 0) is 30.3 Å². The Hall–Kier alpha value is -1.91. The first-order valence-electron chi connectivity index (χ1n) is 5.91. The molecule has 0 aliphatic heterocycles. The molecule has 0 aliphatic rings. The zero-order chi connectivity index (χ0) is 14.1. The first-order valence-corrected chi connectivity index (χ1v) is 6.67. The summed E-state index contributed by atoms with van der Waals surface area (Å²) in [6.45, 7) is 0.0377. The van der Waals surface area contributed by atoms with E-state index in [1.54, 1.807) is 18.2 Å². The predicted molar refractivity (Wildman–Crippen MR) is 78.3 cm³/mol. The highest BCUT2D eigenvalue weighted by molar-refractivity contribution is 6.36. The van der Waals surface area contributed by atoms with Crippen LogP contribution in [0.25, 0.3) is 11.0 Å². The number of halogens is 2. The average molecular weight is 306 g/mol. The van der Waals surface area contributed by atoms with Gasteiger partial charge in [0.05, 0.1) is 5.02 Å². The van der Waals surface area contributed by atoms with Crippen LogP contribution in [0.1, 0.15) is 10.4 Å². The van der Waals surface area contributed by atoms with Gasteiger partial charge in [0.25, 0.3) is 0 Å². The number of carbonyl (C=O) groups excluding carboxylic acids is 1. The molecule has 100 valence electrons. The van der Waals surface area contributed by atoms with Crippen molar-refractivity contribution in [1.82, 2.24) is 15.0 Å². The summed E-state index contributed by atoms with van der Waals surface area (Å²) in [4.78, 5) is 13.6. The van der Waals surface area contributed by atoms with Crippen molar-refractivity contribution in [3.05, 3.63) is 58.1 Å². The standard InChI is InChI=1S/C14H9Cl2N3O/c15-9-5-6-10(11(16)7-9)14(20)8-19-17-12-3-1-2-4-13(12)18-19/h1-7H,8H2. The normalized spacial score (nSPS) is 10.9. The molecule has 0 radical (unpaired) electrons. The fraction of sp³-hybridized carbons (Fsp3) is 0.0714. The van der Waals surface area contributed by atoms with Crippen molar-refractivity contribution in [2.75, 3.05) is 0 Å². The van der Waals surface area contributed by atoms with Gasteiger partial charge >= 0.3 is 0 Å². The van der Waals surface area contributed by atoms with Gasteiger partial charge in [0.1, 0.15) is 17.6 Å². The summed E-state index contributed by atoms with van der Waals surface area (Å²) in [7, 11) is 0. The van der Waals surface area contributed by atoms with Gasteiger partial charge in [0.15, 0.2) is 5.78 Å². The first-order chi connectivity index (χ1) is 9.63. The van der Waals surface area contributed by atoms with Crippen molar-refractivity contribution in [3.8, 4) is 0 Å². The first kappa shape index (κ1) is 13.1. The van der Waals surface area contributed by atoms with Crippen molar-refractivity contribution in [2.24, 2.45) is 0 Å². The Morgan fingerprint density at radius 3 is 2.30 bits per heavy atom. The molecule has 0 N–H and O–H groups in total. The maximum absolute atomic E-state index is 12.2. The van der Waals surface area contributed by atoms with Crippen LogP contribution >= 0.6 is 23.2 Å². The molecule has 2 aromatic carbocycles. The summed E-state index contributed by atoms with van der Waals surface area (Å²) in [5.41, 5.74) is 1.92. The van der Waals surface area contributed by atoms with E-state index in [4.69, 9.17) is 23.2 Å². The fourth-order valence-electron chi connectivity index (χ4n) is 1.90. The minimum absolute atomic E-state index is 0.0377. The lowest BCUT2D eigenvalue weighted by molar-refractivity contribution is 0.0963. The van der Waals surface area contributed by atoms with E-state index in [9.17, 15) is 4.79 Å². The lowest BCUT2D eigenvalue weighted by Gasteiger charge is -2.03. The Morgan fingerprint density at radius 1 is 1.05 bits per heavy atom. The molecule has 0 unspecified atom stereocenters. The zero-order valence-electron chi connectivity index (χ0n) is 10.3. The van der Waals surface area contributed by atoms with Crippen molar-refractivity contribution in [3.63, 3.8) is 0 Å². The quantitative estimate of drug-likeness (QED) is 0.694. The summed E-state index contributed by atoms with van der Waals surface area (Å²) < 4.78 is 0. The van der Waals surface area contributed by atoms with Crippen LogP contribution in [0, 0.1) is 0 Å². The summed E-state index contributed by atoms with van der Waals surface area (Å²) in [6, 6.07) is 12.2. The van der Waals surface area contributed by atoms with Gasteiger partial charge in [-0.25, -0.2) is 0 Å². The van der Waals surface area contributed by atoms with Crippen LogP contribution in [-0.2, 0) is 6.54 Å². The average Bonchev–Trinajstić information content (AvgIpc) is 2.80. The largest absolute Gasteiger partial charge is 0.292 e. The lowest BCUT2D eigenvalue weighted by Crippen LogP contribution is -2.13. The summed E-state index contributed by atoms with van der Waals surface area (Å²) in [5.74, 6) is -0.160. The Balaban J connectivity index is 1.88. The van der Waals surface area contributed by atoms with E-state index < -0.39 is 0 Å². The van der Waals surface area contributed by atoms with Gasteiger partial charge < -0.3 is 0 Å². The maximum Gasteiger partial charge on any atom is 0.187 e. The Labute approximate surface area is 124 Å². The highest BCUT2D eigenvalue weighted by Gasteiger charge is 2.13. The maximum atomic E-state index is 12.2.